The first-order valence-corrected chi connectivity index (χ1v) is 9.96. The van der Waals surface area contributed by atoms with Gasteiger partial charge in [0.1, 0.15) is 22.2 Å². The smallest absolute Gasteiger partial charge is 0.161 e. The second-order valence-corrected chi connectivity index (χ2v) is 8.14. The van der Waals surface area contributed by atoms with Gasteiger partial charge in [-0.05, 0) is 31.5 Å². The van der Waals surface area contributed by atoms with E-state index in [4.69, 9.17) is 14.0 Å². The number of rotatable bonds is 9. The van der Waals surface area contributed by atoms with E-state index >= 15 is 0 Å². The molecular weight excluding hydrogens is 344 g/mol. The molecule has 0 bridgehead atoms. The molecule has 25 heavy (non-hydrogen) atoms. The van der Waals surface area contributed by atoms with E-state index in [0.29, 0.717) is 31.2 Å². The highest BCUT2D eigenvalue weighted by Crippen LogP contribution is 2.29. The first-order valence-electron chi connectivity index (χ1n) is 7.90. The van der Waals surface area contributed by atoms with Gasteiger partial charge in [0, 0.05) is 19.3 Å². The number of sulfone groups is 1. The number of nitrogens with zero attached hydrogens (tertiary/aromatic N) is 1. The molecule has 1 N–H and O–H groups in total. The third kappa shape index (κ3) is 5.75. The summed E-state index contributed by atoms with van der Waals surface area (Å²) in [4.78, 5) is 0. The Bertz CT molecular complexity index is 795. The number of methoxy groups -OCH3 is 1. The van der Waals surface area contributed by atoms with Crippen LogP contribution in [0.3, 0.4) is 0 Å². The topological polar surface area (TPSA) is 90.7 Å². The fourth-order valence-corrected chi connectivity index (χ4v) is 2.80. The Morgan fingerprint density at radius 2 is 2.00 bits per heavy atom. The summed E-state index contributed by atoms with van der Waals surface area (Å²) in [6.07, 6.45) is 1.23. The molecule has 0 fully saturated rings. The number of aromatic nitrogens is 1. The number of ether oxygens (including phenoxy) is 2. The van der Waals surface area contributed by atoms with Crippen molar-refractivity contribution in [3.05, 3.63) is 40.8 Å². The third-order valence-corrected chi connectivity index (χ3v) is 4.71. The van der Waals surface area contributed by atoms with Crippen LogP contribution in [0.15, 0.2) is 22.7 Å². The molecule has 0 radical (unpaired) electrons. The second-order valence-electron chi connectivity index (χ2n) is 5.88. The van der Waals surface area contributed by atoms with Crippen LogP contribution in [0.1, 0.15) is 22.6 Å². The minimum atomic E-state index is -2.95. The number of hydrogen-bond acceptors (Lipinski definition) is 7. The molecule has 8 heteroatoms. The van der Waals surface area contributed by atoms with Crippen LogP contribution in [-0.2, 0) is 23.0 Å². The maximum atomic E-state index is 11.1. The van der Waals surface area contributed by atoms with Crippen molar-refractivity contribution in [3.8, 4) is 11.5 Å². The Labute approximate surface area is 148 Å². The summed E-state index contributed by atoms with van der Waals surface area (Å²) in [5.74, 6) is 2.10. The van der Waals surface area contributed by atoms with Crippen molar-refractivity contribution in [2.75, 3.05) is 25.7 Å². The predicted molar refractivity (Wildman–Crippen MR) is 94.7 cm³/mol. The molecular formula is C17H24N2O5S. The average Bonchev–Trinajstić information content (AvgIpc) is 2.87. The average molecular weight is 368 g/mol. The lowest BCUT2D eigenvalue weighted by Gasteiger charge is -2.12. The SMILES string of the molecule is COc1cc(CNCCS(C)(=O)=O)ccc1OCc1c(C)noc1C. The molecule has 0 aliphatic rings. The minimum absolute atomic E-state index is 0.114. The van der Waals surface area contributed by atoms with Crippen molar-refractivity contribution in [1.82, 2.24) is 10.5 Å². The molecule has 0 amide bonds. The summed E-state index contributed by atoms with van der Waals surface area (Å²) in [7, 11) is -1.37. The molecule has 0 saturated heterocycles. The molecule has 2 aromatic rings. The Hall–Kier alpha value is -2.06. The summed E-state index contributed by atoms with van der Waals surface area (Å²) in [5, 5.41) is 7.01. The number of aryl methyl sites for hydroxylation is 2. The molecule has 0 aliphatic carbocycles. The molecule has 0 saturated carbocycles. The lowest BCUT2D eigenvalue weighted by molar-refractivity contribution is 0.281. The highest BCUT2D eigenvalue weighted by atomic mass is 32.2. The van der Waals surface area contributed by atoms with Gasteiger partial charge < -0.3 is 19.3 Å². The molecule has 2 rings (SSSR count). The van der Waals surface area contributed by atoms with Gasteiger partial charge in [-0.2, -0.15) is 0 Å². The van der Waals surface area contributed by atoms with Crippen LogP contribution in [0.25, 0.3) is 0 Å². The van der Waals surface area contributed by atoms with Crippen LogP contribution in [-0.4, -0.2) is 39.2 Å². The van der Waals surface area contributed by atoms with Crippen molar-refractivity contribution >= 4 is 9.84 Å². The monoisotopic (exact) mass is 368 g/mol. The maximum Gasteiger partial charge on any atom is 0.161 e. The van der Waals surface area contributed by atoms with Crippen LogP contribution in [0.4, 0.5) is 0 Å². The second kappa shape index (κ2) is 8.35. The van der Waals surface area contributed by atoms with Gasteiger partial charge in [-0.25, -0.2) is 8.42 Å². The first-order chi connectivity index (χ1) is 11.8. The van der Waals surface area contributed by atoms with Crippen molar-refractivity contribution in [2.24, 2.45) is 0 Å². The van der Waals surface area contributed by atoms with E-state index in [-0.39, 0.29) is 5.75 Å². The van der Waals surface area contributed by atoms with Crippen LogP contribution in [0, 0.1) is 13.8 Å². The molecule has 0 spiro atoms. The highest BCUT2D eigenvalue weighted by Gasteiger charge is 2.12. The third-order valence-electron chi connectivity index (χ3n) is 3.76. The standard InChI is InChI=1S/C17H24N2O5S/c1-12-15(13(2)24-19-12)11-23-16-6-5-14(9-17(16)22-3)10-18-7-8-25(4,20)21/h5-6,9,18H,7-8,10-11H2,1-4H3. The predicted octanol–water partition coefficient (Wildman–Crippen LogP) is 2.01. The Morgan fingerprint density at radius 3 is 2.60 bits per heavy atom. The van der Waals surface area contributed by atoms with Crippen molar-refractivity contribution < 1.29 is 22.4 Å². The molecule has 0 atom stereocenters. The lowest BCUT2D eigenvalue weighted by atomic mass is 10.2. The van der Waals surface area contributed by atoms with Gasteiger partial charge in [-0.1, -0.05) is 11.2 Å². The zero-order chi connectivity index (χ0) is 18.4. The van der Waals surface area contributed by atoms with E-state index in [2.05, 4.69) is 10.5 Å². The van der Waals surface area contributed by atoms with E-state index < -0.39 is 9.84 Å². The molecule has 7 nitrogen and oxygen atoms in total. The van der Waals surface area contributed by atoms with Crippen molar-refractivity contribution in [3.63, 3.8) is 0 Å². The van der Waals surface area contributed by atoms with E-state index in [1.54, 1.807) is 7.11 Å². The number of hydrogen-bond donors (Lipinski definition) is 1. The quantitative estimate of drug-likeness (QED) is 0.677. The van der Waals surface area contributed by atoms with Gasteiger partial charge in [0.2, 0.25) is 0 Å². The van der Waals surface area contributed by atoms with Gasteiger partial charge in [0.25, 0.3) is 0 Å². The van der Waals surface area contributed by atoms with Crippen molar-refractivity contribution in [1.29, 1.82) is 0 Å². The van der Waals surface area contributed by atoms with Crippen LogP contribution >= 0.6 is 0 Å². The Balaban J connectivity index is 1.96. The van der Waals surface area contributed by atoms with E-state index in [1.807, 2.05) is 32.0 Å². The lowest BCUT2D eigenvalue weighted by Crippen LogP contribution is -2.21. The fraction of sp³-hybridized carbons (Fsp3) is 0.471. The van der Waals surface area contributed by atoms with Gasteiger partial charge in [0.05, 0.1) is 24.1 Å². The van der Waals surface area contributed by atoms with Gasteiger partial charge in [-0.3, -0.25) is 0 Å². The molecule has 0 unspecified atom stereocenters. The molecule has 0 aliphatic heterocycles. The van der Waals surface area contributed by atoms with E-state index in [0.717, 1.165) is 22.6 Å². The zero-order valence-corrected chi connectivity index (χ0v) is 15.8. The van der Waals surface area contributed by atoms with Crippen molar-refractivity contribution in [2.45, 2.75) is 27.0 Å². The maximum absolute atomic E-state index is 11.1. The summed E-state index contributed by atoms with van der Waals surface area (Å²) in [6, 6.07) is 5.62. The van der Waals surface area contributed by atoms with Crippen LogP contribution < -0.4 is 14.8 Å². The molecule has 138 valence electrons. The van der Waals surface area contributed by atoms with Crippen LogP contribution in [0.5, 0.6) is 11.5 Å². The Kier molecular flexibility index (Phi) is 6.44. The molecule has 1 heterocycles. The normalized spacial score (nSPS) is 11.5. The molecule has 1 aromatic heterocycles. The van der Waals surface area contributed by atoms with Crippen LogP contribution in [0.2, 0.25) is 0 Å². The summed E-state index contributed by atoms with van der Waals surface area (Å²) in [6.45, 7) is 5.03. The van der Waals surface area contributed by atoms with E-state index in [9.17, 15) is 8.42 Å². The largest absolute Gasteiger partial charge is 0.493 e. The number of benzene rings is 1. The molecule has 1 aromatic carbocycles. The minimum Gasteiger partial charge on any atom is -0.493 e. The summed E-state index contributed by atoms with van der Waals surface area (Å²) >= 11 is 0. The summed E-state index contributed by atoms with van der Waals surface area (Å²) in [5.41, 5.74) is 2.71. The van der Waals surface area contributed by atoms with Gasteiger partial charge >= 0.3 is 0 Å². The van der Waals surface area contributed by atoms with Gasteiger partial charge in [0.15, 0.2) is 11.5 Å². The fourth-order valence-electron chi connectivity index (χ4n) is 2.29. The highest BCUT2D eigenvalue weighted by molar-refractivity contribution is 7.90. The van der Waals surface area contributed by atoms with Gasteiger partial charge in [-0.15, -0.1) is 0 Å². The number of nitrogens with one attached hydrogen (secondary N) is 1. The zero-order valence-electron chi connectivity index (χ0n) is 15.0. The Morgan fingerprint density at radius 1 is 1.24 bits per heavy atom. The summed E-state index contributed by atoms with van der Waals surface area (Å²) < 4.78 is 38.6. The van der Waals surface area contributed by atoms with E-state index in [1.165, 1.54) is 6.26 Å². The first kappa shape index (κ1) is 19.3.